The largest absolute Gasteiger partial charge is 0.497 e. The summed E-state index contributed by atoms with van der Waals surface area (Å²) in [6, 6.07) is 16.8. The van der Waals surface area contributed by atoms with Crippen molar-refractivity contribution < 1.29 is 13.6 Å². The van der Waals surface area contributed by atoms with Crippen molar-refractivity contribution in [2.24, 2.45) is 0 Å². The molecule has 0 aliphatic heterocycles. The van der Waals surface area contributed by atoms with Gasteiger partial charge in [0, 0.05) is 0 Å². The number of rotatable bonds is 21. The van der Waals surface area contributed by atoms with E-state index in [4.69, 9.17) is 13.6 Å². The van der Waals surface area contributed by atoms with Gasteiger partial charge in [-0.05, 0) is 68.0 Å². The molecule has 2 aromatic rings. The predicted molar refractivity (Wildman–Crippen MR) is 157 cm³/mol. The summed E-state index contributed by atoms with van der Waals surface area (Å²) >= 11 is 0. The van der Waals surface area contributed by atoms with Crippen LogP contribution in [0.1, 0.15) is 116 Å². The molecule has 0 atom stereocenters. The Hall–Kier alpha value is -1.57. The fourth-order valence-corrected chi connectivity index (χ4v) is 6.81. The van der Waals surface area contributed by atoms with Gasteiger partial charge in [0.05, 0.1) is 6.61 Å². The third-order valence-electron chi connectivity index (χ3n) is 6.76. The summed E-state index contributed by atoms with van der Waals surface area (Å²) in [5.41, 5.74) is 2.61. The minimum Gasteiger partial charge on any atom is -0.278 e. The molecule has 0 N–H and O–H groups in total. The second-order valence-electron chi connectivity index (χ2n) is 9.82. The molecule has 0 aliphatic carbocycles. The van der Waals surface area contributed by atoms with E-state index in [1.807, 2.05) is 6.92 Å². The minimum absolute atomic E-state index is 0.576. The average molecular weight is 516 g/mol. The van der Waals surface area contributed by atoms with Crippen molar-refractivity contribution in [1.29, 1.82) is 0 Å². The maximum Gasteiger partial charge on any atom is 0.497 e. The van der Waals surface area contributed by atoms with Gasteiger partial charge in [-0.25, -0.2) is 0 Å². The van der Waals surface area contributed by atoms with Gasteiger partial charge in [0.2, 0.25) is 0 Å². The van der Waals surface area contributed by atoms with Crippen molar-refractivity contribution in [3.05, 3.63) is 59.7 Å². The van der Waals surface area contributed by atoms with Gasteiger partial charge in [-0.15, -0.1) is 0 Å². The standard InChI is InChI=1S/C32H52O3P/c1-5-9-10-11-12-13-14-15-16-17-18-19-28-36(33-8-4,34-31-24-20-29(6-2)21-25-31)35-32-26-22-30(7-3)23-27-32/h20-27H,5-19,28H2,1-4H3/q+1. The molecule has 0 saturated heterocycles. The first kappa shape index (κ1) is 30.7. The van der Waals surface area contributed by atoms with Crippen LogP contribution in [-0.4, -0.2) is 12.8 Å². The van der Waals surface area contributed by atoms with Gasteiger partial charge in [0.25, 0.3) is 0 Å². The first-order valence-electron chi connectivity index (χ1n) is 14.7. The lowest BCUT2D eigenvalue weighted by molar-refractivity contribution is 0.252. The summed E-state index contributed by atoms with van der Waals surface area (Å²) < 4.78 is 19.5. The minimum atomic E-state index is -2.57. The zero-order valence-corrected chi connectivity index (χ0v) is 24.5. The lowest BCUT2D eigenvalue weighted by atomic mass is 10.1. The Labute approximate surface area is 222 Å². The zero-order chi connectivity index (χ0) is 25.9. The van der Waals surface area contributed by atoms with Crippen molar-refractivity contribution in [1.82, 2.24) is 0 Å². The first-order valence-corrected chi connectivity index (χ1v) is 16.5. The molecule has 0 amide bonds. The van der Waals surface area contributed by atoms with Crippen LogP contribution in [0.25, 0.3) is 0 Å². The Morgan fingerprint density at radius 1 is 0.500 bits per heavy atom. The molecule has 0 unspecified atom stereocenters. The lowest BCUT2D eigenvalue weighted by Crippen LogP contribution is -2.16. The molecule has 2 rings (SSSR count). The zero-order valence-electron chi connectivity index (χ0n) is 23.6. The van der Waals surface area contributed by atoms with Gasteiger partial charge in [-0.2, -0.15) is 4.52 Å². The highest BCUT2D eigenvalue weighted by molar-refractivity contribution is 7.62. The third-order valence-corrected chi connectivity index (χ3v) is 9.26. The Bertz CT molecular complexity index is 739. The monoisotopic (exact) mass is 515 g/mol. The van der Waals surface area contributed by atoms with Gasteiger partial charge < -0.3 is 0 Å². The van der Waals surface area contributed by atoms with Crippen LogP contribution in [0, 0.1) is 0 Å². The van der Waals surface area contributed by atoms with E-state index in [-0.39, 0.29) is 0 Å². The lowest BCUT2D eigenvalue weighted by Gasteiger charge is -2.23. The molecule has 0 heterocycles. The number of benzene rings is 2. The van der Waals surface area contributed by atoms with Crippen LogP contribution < -0.4 is 9.05 Å². The van der Waals surface area contributed by atoms with Crippen molar-refractivity contribution in [3.8, 4) is 11.5 Å². The number of aryl methyl sites for hydroxylation is 2. The Morgan fingerprint density at radius 3 is 1.25 bits per heavy atom. The molecule has 3 nitrogen and oxygen atoms in total. The van der Waals surface area contributed by atoms with E-state index in [1.165, 1.54) is 81.8 Å². The predicted octanol–water partition coefficient (Wildman–Crippen LogP) is 10.8. The highest BCUT2D eigenvalue weighted by atomic mass is 31.2. The van der Waals surface area contributed by atoms with E-state index in [0.717, 1.165) is 36.9 Å². The van der Waals surface area contributed by atoms with Crippen LogP contribution in [0.5, 0.6) is 11.5 Å². The molecule has 0 fully saturated rings. The Balaban J connectivity index is 1.90. The van der Waals surface area contributed by atoms with E-state index in [1.54, 1.807) is 0 Å². The molecule has 0 aromatic heterocycles. The Morgan fingerprint density at radius 2 is 0.889 bits per heavy atom. The molecule has 0 saturated carbocycles. The van der Waals surface area contributed by atoms with E-state index >= 15 is 0 Å². The van der Waals surface area contributed by atoms with Crippen molar-refractivity contribution in [3.63, 3.8) is 0 Å². The summed E-state index contributed by atoms with van der Waals surface area (Å²) in [5, 5.41) is 0. The number of unbranched alkanes of at least 4 members (excludes halogenated alkanes) is 11. The average Bonchev–Trinajstić information content (AvgIpc) is 2.90. The Kier molecular flexibility index (Phi) is 15.9. The molecule has 36 heavy (non-hydrogen) atoms. The quantitative estimate of drug-likeness (QED) is 0.122. The fraction of sp³-hybridized carbons (Fsp3) is 0.625. The van der Waals surface area contributed by atoms with E-state index in [9.17, 15) is 0 Å². The van der Waals surface area contributed by atoms with Crippen molar-refractivity contribution >= 4 is 7.94 Å². The summed E-state index contributed by atoms with van der Waals surface area (Å²) in [6.07, 6.45) is 18.8. The summed E-state index contributed by atoms with van der Waals surface area (Å²) in [7, 11) is -2.57. The van der Waals surface area contributed by atoms with Crippen molar-refractivity contribution in [2.75, 3.05) is 12.8 Å². The van der Waals surface area contributed by atoms with Crippen LogP contribution in [0.2, 0.25) is 0 Å². The second-order valence-corrected chi connectivity index (χ2v) is 12.1. The van der Waals surface area contributed by atoms with Crippen LogP contribution >= 0.6 is 7.94 Å². The topological polar surface area (TPSA) is 27.7 Å². The molecule has 0 aliphatic rings. The van der Waals surface area contributed by atoms with E-state index in [2.05, 4.69) is 69.3 Å². The molecular formula is C32H52O3P+. The fourth-order valence-electron chi connectivity index (χ4n) is 4.46. The maximum absolute atomic E-state index is 6.57. The van der Waals surface area contributed by atoms with Gasteiger partial charge in [-0.3, -0.25) is 9.05 Å². The van der Waals surface area contributed by atoms with E-state index < -0.39 is 7.94 Å². The molecule has 0 bridgehead atoms. The van der Waals surface area contributed by atoms with Crippen LogP contribution in [-0.2, 0) is 17.4 Å². The summed E-state index contributed by atoms with van der Waals surface area (Å²) in [5.74, 6) is 1.66. The molecule has 0 radical (unpaired) electrons. The number of hydrogen-bond acceptors (Lipinski definition) is 3. The van der Waals surface area contributed by atoms with Gasteiger partial charge in [0.1, 0.15) is 0 Å². The van der Waals surface area contributed by atoms with Gasteiger partial charge in [0.15, 0.2) is 17.7 Å². The number of hydrogen-bond donors (Lipinski definition) is 0. The van der Waals surface area contributed by atoms with Crippen molar-refractivity contribution in [2.45, 2.75) is 118 Å². The van der Waals surface area contributed by atoms with Gasteiger partial charge in [-0.1, -0.05) is 109 Å². The van der Waals surface area contributed by atoms with Crippen LogP contribution in [0.4, 0.5) is 0 Å². The summed E-state index contributed by atoms with van der Waals surface area (Å²) in [6.45, 7) is 9.23. The molecule has 2 aromatic carbocycles. The third kappa shape index (κ3) is 12.1. The van der Waals surface area contributed by atoms with Crippen LogP contribution in [0.15, 0.2) is 48.5 Å². The van der Waals surface area contributed by atoms with Crippen LogP contribution in [0.3, 0.4) is 0 Å². The van der Waals surface area contributed by atoms with E-state index in [0.29, 0.717) is 6.61 Å². The molecule has 0 spiro atoms. The summed E-state index contributed by atoms with van der Waals surface area (Å²) in [4.78, 5) is 0. The normalized spacial score (nSPS) is 11.6. The molecule has 202 valence electrons. The van der Waals surface area contributed by atoms with Gasteiger partial charge >= 0.3 is 7.94 Å². The smallest absolute Gasteiger partial charge is 0.278 e. The molecular weight excluding hydrogens is 463 g/mol. The second kappa shape index (κ2) is 18.6. The SMILES string of the molecule is CCCCCCCCCCCCCC[P+](OCC)(Oc1ccc(CC)cc1)Oc1ccc(CC)cc1. The first-order chi connectivity index (χ1) is 17.6. The highest BCUT2D eigenvalue weighted by Gasteiger charge is 2.47. The maximum atomic E-state index is 6.57. The highest BCUT2D eigenvalue weighted by Crippen LogP contribution is 2.61. The molecule has 4 heteroatoms.